The fourth-order valence-corrected chi connectivity index (χ4v) is 2.92. The van der Waals surface area contributed by atoms with Gasteiger partial charge in [0.2, 0.25) is 0 Å². The van der Waals surface area contributed by atoms with Gasteiger partial charge < -0.3 is 9.42 Å². The van der Waals surface area contributed by atoms with Gasteiger partial charge in [-0.3, -0.25) is 9.48 Å². The summed E-state index contributed by atoms with van der Waals surface area (Å²) in [7, 11) is 3.47. The molecule has 0 aromatic carbocycles. The van der Waals surface area contributed by atoms with E-state index in [1.807, 2.05) is 17.5 Å². The van der Waals surface area contributed by atoms with Crippen molar-refractivity contribution in [3.05, 3.63) is 46.2 Å². The number of carbonyl (C=O) groups excluding carboxylic acids is 1. The molecule has 8 heteroatoms. The Morgan fingerprint density at radius 2 is 2.36 bits per heavy atom. The van der Waals surface area contributed by atoms with Crippen LogP contribution in [0.25, 0.3) is 10.6 Å². The van der Waals surface area contributed by atoms with E-state index >= 15 is 0 Å². The van der Waals surface area contributed by atoms with Gasteiger partial charge >= 0.3 is 0 Å². The third kappa shape index (κ3) is 2.77. The molecule has 0 N–H and O–H groups in total. The zero-order chi connectivity index (χ0) is 15.7. The molecular formula is C14H13ClN4O2S. The van der Waals surface area contributed by atoms with Gasteiger partial charge in [-0.25, -0.2) is 0 Å². The molecule has 6 nitrogen and oxygen atoms in total. The molecule has 0 saturated heterocycles. The summed E-state index contributed by atoms with van der Waals surface area (Å²) in [6.07, 6.45) is 1.56. The lowest BCUT2D eigenvalue weighted by Gasteiger charge is -2.15. The Bertz CT molecular complexity index is 774. The molecule has 0 atom stereocenters. The fourth-order valence-electron chi connectivity index (χ4n) is 2.02. The largest absolute Gasteiger partial charge is 0.355 e. The van der Waals surface area contributed by atoms with E-state index in [1.165, 1.54) is 16.2 Å². The van der Waals surface area contributed by atoms with Gasteiger partial charge in [-0.1, -0.05) is 22.8 Å². The predicted molar refractivity (Wildman–Crippen MR) is 83.8 cm³/mol. The van der Waals surface area contributed by atoms with E-state index in [2.05, 4.69) is 10.3 Å². The van der Waals surface area contributed by atoms with Crippen LogP contribution < -0.4 is 0 Å². The molecule has 3 aromatic heterocycles. The molecule has 114 valence electrons. The van der Waals surface area contributed by atoms with Crippen molar-refractivity contribution in [2.75, 3.05) is 7.05 Å². The zero-order valence-electron chi connectivity index (χ0n) is 12.0. The van der Waals surface area contributed by atoms with E-state index in [0.29, 0.717) is 17.3 Å². The third-order valence-electron chi connectivity index (χ3n) is 3.24. The lowest BCUT2D eigenvalue weighted by molar-refractivity contribution is 0.0772. The maximum Gasteiger partial charge on any atom is 0.276 e. The van der Waals surface area contributed by atoms with Crippen molar-refractivity contribution in [2.45, 2.75) is 6.54 Å². The molecule has 0 fully saturated rings. The molecule has 0 aliphatic carbocycles. The lowest BCUT2D eigenvalue weighted by atomic mass is 10.3. The highest BCUT2D eigenvalue weighted by Gasteiger charge is 2.20. The molecular weight excluding hydrogens is 324 g/mol. The highest BCUT2D eigenvalue weighted by Crippen LogP contribution is 2.25. The maximum absolute atomic E-state index is 12.4. The van der Waals surface area contributed by atoms with Gasteiger partial charge in [-0.05, 0) is 11.4 Å². The van der Waals surface area contributed by atoms with Crippen LogP contribution in [-0.4, -0.2) is 32.8 Å². The molecule has 22 heavy (non-hydrogen) atoms. The molecule has 3 rings (SSSR count). The van der Waals surface area contributed by atoms with Crippen molar-refractivity contribution in [3.8, 4) is 10.6 Å². The van der Waals surface area contributed by atoms with E-state index in [0.717, 1.165) is 10.6 Å². The van der Waals surface area contributed by atoms with Crippen LogP contribution in [0.2, 0.25) is 5.02 Å². The number of hydrogen-bond acceptors (Lipinski definition) is 5. The van der Waals surface area contributed by atoms with Crippen molar-refractivity contribution in [2.24, 2.45) is 7.05 Å². The second-order valence-electron chi connectivity index (χ2n) is 4.78. The number of carbonyl (C=O) groups is 1. The van der Waals surface area contributed by atoms with Gasteiger partial charge in [0, 0.05) is 20.2 Å². The topological polar surface area (TPSA) is 64.2 Å². The van der Waals surface area contributed by atoms with E-state index in [1.54, 1.807) is 31.0 Å². The quantitative estimate of drug-likeness (QED) is 0.734. The number of amides is 1. The van der Waals surface area contributed by atoms with Gasteiger partial charge in [-0.15, -0.1) is 11.3 Å². The number of rotatable bonds is 4. The standard InChI is InChI=1S/C14H13ClN4O2S/c1-18(8-11-9(15)7-16-19(11)2)14(20)10-6-12(21-17-10)13-4-3-5-22-13/h3-7H,8H2,1-2H3. The second kappa shape index (κ2) is 5.94. The highest BCUT2D eigenvalue weighted by atomic mass is 35.5. The van der Waals surface area contributed by atoms with Gasteiger partial charge in [0.1, 0.15) is 0 Å². The van der Waals surface area contributed by atoms with Gasteiger partial charge in [0.15, 0.2) is 11.5 Å². The molecule has 0 aliphatic rings. The van der Waals surface area contributed by atoms with Crippen LogP contribution >= 0.6 is 22.9 Å². The van der Waals surface area contributed by atoms with Crippen LogP contribution in [0, 0.1) is 0 Å². The number of halogens is 1. The Morgan fingerprint density at radius 1 is 1.55 bits per heavy atom. The van der Waals surface area contributed by atoms with E-state index in [-0.39, 0.29) is 11.6 Å². The molecule has 0 bridgehead atoms. The molecule has 1 amide bonds. The van der Waals surface area contributed by atoms with Crippen LogP contribution in [0.5, 0.6) is 0 Å². The van der Waals surface area contributed by atoms with E-state index in [4.69, 9.17) is 16.1 Å². The van der Waals surface area contributed by atoms with Crippen LogP contribution in [0.15, 0.2) is 34.3 Å². The summed E-state index contributed by atoms with van der Waals surface area (Å²) in [5.41, 5.74) is 1.03. The Kier molecular flexibility index (Phi) is 4.00. The summed E-state index contributed by atoms with van der Waals surface area (Å²) in [5.74, 6) is 0.356. The van der Waals surface area contributed by atoms with Gasteiger partial charge in [0.25, 0.3) is 5.91 Å². The minimum absolute atomic E-state index is 0.233. The minimum Gasteiger partial charge on any atom is -0.355 e. The van der Waals surface area contributed by atoms with Crippen LogP contribution in [0.3, 0.4) is 0 Å². The summed E-state index contributed by atoms with van der Waals surface area (Å²) in [6, 6.07) is 5.48. The molecule has 3 heterocycles. The van der Waals surface area contributed by atoms with E-state index in [9.17, 15) is 4.79 Å². The first-order chi connectivity index (χ1) is 10.6. The van der Waals surface area contributed by atoms with Crippen LogP contribution in [0.1, 0.15) is 16.2 Å². The third-order valence-corrected chi connectivity index (χ3v) is 4.44. The normalized spacial score (nSPS) is 10.9. The summed E-state index contributed by atoms with van der Waals surface area (Å²) in [6.45, 7) is 0.343. The van der Waals surface area contributed by atoms with Crippen LogP contribution in [0.4, 0.5) is 0 Å². The molecule has 0 unspecified atom stereocenters. The van der Waals surface area contributed by atoms with Crippen molar-refractivity contribution < 1.29 is 9.32 Å². The molecule has 0 spiro atoms. The molecule has 0 radical (unpaired) electrons. The predicted octanol–water partition coefficient (Wildman–Crippen LogP) is 3.06. The molecule has 3 aromatic rings. The van der Waals surface area contributed by atoms with E-state index < -0.39 is 0 Å². The zero-order valence-corrected chi connectivity index (χ0v) is 13.6. The SMILES string of the molecule is CN(Cc1c(Cl)cnn1C)C(=O)c1cc(-c2cccs2)on1. The Balaban J connectivity index is 1.76. The number of aromatic nitrogens is 3. The molecule has 0 aliphatic heterocycles. The first-order valence-electron chi connectivity index (χ1n) is 6.48. The Hall–Kier alpha value is -2.12. The number of nitrogens with zero attached hydrogens (tertiary/aromatic N) is 4. The fraction of sp³-hybridized carbons (Fsp3) is 0.214. The lowest BCUT2D eigenvalue weighted by Crippen LogP contribution is -2.27. The average Bonchev–Trinajstić information content (AvgIpc) is 3.22. The van der Waals surface area contributed by atoms with Crippen molar-refractivity contribution in [1.29, 1.82) is 0 Å². The molecule has 0 saturated carbocycles. The van der Waals surface area contributed by atoms with Crippen LogP contribution in [-0.2, 0) is 13.6 Å². The van der Waals surface area contributed by atoms with Gasteiger partial charge in [-0.2, -0.15) is 5.10 Å². The monoisotopic (exact) mass is 336 g/mol. The highest BCUT2D eigenvalue weighted by molar-refractivity contribution is 7.13. The minimum atomic E-state index is -0.233. The average molecular weight is 337 g/mol. The number of hydrogen-bond donors (Lipinski definition) is 0. The van der Waals surface area contributed by atoms with Crippen molar-refractivity contribution >= 4 is 28.8 Å². The summed E-state index contributed by atoms with van der Waals surface area (Å²) in [4.78, 5) is 14.9. The first-order valence-corrected chi connectivity index (χ1v) is 7.74. The summed E-state index contributed by atoms with van der Waals surface area (Å²) in [5, 5.41) is 10.4. The van der Waals surface area contributed by atoms with Crippen molar-refractivity contribution in [3.63, 3.8) is 0 Å². The van der Waals surface area contributed by atoms with Crippen molar-refractivity contribution in [1.82, 2.24) is 19.8 Å². The second-order valence-corrected chi connectivity index (χ2v) is 6.13. The Labute approximate surface area is 135 Å². The number of thiophene rings is 1. The number of aryl methyl sites for hydroxylation is 1. The summed E-state index contributed by atoms with van der Waals surface area (Å²) < 4.78 is 6.88. The Morgan fingerprint density at radius 3 is 3.00 bits per heavy atom. The first kappa shape index (κ1) is 14.8. The summed E-state index contributed by atoms with van der Waals surface area (Å²) >= 11 is 7.59. The maximum atomic E-state index is 12.4. The smallest absolute Gasteiger partial charge is 0.276 e. The van der Waals surface area contributed by atoms with Gasteiger partial charge in [0.05, 0.1) is 28.3 Å².